The first-order valence-electron chi connectivity index (χ1n) is 6.90. The Kier molecular flexibility index (Phi) is 4.41. The molecule has 3 rings (SSSR count). The first-order valence-corrected chi connectivity index (χ1v) is 10.4. The van der Waals surface area contributed by atoms with Gasteiger partial charge in [-0.3, -0.25) is 0 Å². The highest BCUT2D eigenvalue weighted by molar-refractivity contribution is 8.13. The monoisotopic (exact) mass is 348 g/mol. The zero-order valence-electron chi connectivity index (χ0n) is 11.5. The lowest BCUT2D eigenvalue weighted by atomic mass is 9.91. The normalized spacial score (nSPS) is 29.7. The Morgan fingerprint density at radius 3 is 2.71 bits per heavy atom. The van der Waals surface area contributed by atoms with E-state index in [9.17, 15) is 8.42 Å². The summed E-state index contributed by atoms with van der Waals surface area (Å²) in [7, 11) is 1.62. The maximum absolute atomic E-state index is 11.2. The number of hydrogen-bond acceptors (Lipinski definition) is 5. The number of rotatable bonds is 3. The van der Waals surface area contributed by atoms with Gasteiger partial charge in [-0.05, 0) is 36.4 Å². The molecule has 7 heteroatoms. The molecule has 1 aromatic rings. The smallest absolute Gasteiger partial charge is 0.261 e. The highest BCUT2D eigenvalue weighted by Gasteiger charge is 2.41. The molecule has 2 heterocycles. The molecular weight excluding hydrogens is 332 g/mol. The van der Waals surface area contributed by atoms with Crippen molar-refractivity contribution in [2.45, 2.75) is 35.9 Å². The summed E-state index contributed by atoms with van der Waals surface area (Å²) in [5.74, 6) is 2.86. The molecule has 116 valence electrons. The van der Waals surface area contributed by atoms with E-state index in [4.69, 9.17) is 20.2 Å². The van der Waals surface area contributed by atoms with Crippen LogP contribution >= 0.6 is 22.4 Å². The van der Waals surface area contributed by atoms with Crippen molar-refractivity contribution in [2.75, 3.05) is 18.1 Å². The van der Waals surface area contributed by atoms with Crippen molar-refractivity contribution in [2.24, 2.45) is 0 Å². The molecule has 0 radical (unpaired) electrons. The third-order valence-electron chi connectivity index (χ3n) is 3.92. The highest BCUT2D eigenvalue weighted by atomic mass is 35.7. The van der Waals surface area contributed by atoms with E-state index in [1.165, 1.54) is 12.1 Å². The Hall–Kier alpha value is -0.430. The van der Waals surface area contributed by atoms with Crippen LogP contribution in [0.2, 0.25) is 0 Å². The summed E-state index contributed by atoms with van der Waals surface area (Å²) < 4.78 is 34.4. The lowest BCUT2D eigenvalue weighted by molar-refractivity contribution is -0.0959. The molecule has 4 nitrogen and oxygen atoms in total. The Morgan fingerprint density at radius 2 is 2.10 bits per heavy atom. The Morgan fingerprint density at radius 1 is 1.33 bits per heavy atom. The van der Waals surface area contributed by atoms with Gasteiger partial charge in [0.1, 0.15) is 11.9 Å². The molecule has 2 aliphatic heterocycles. The van der Waals surface area contributed by atoms with Crippen LogP contribution in [-0.2, 0) is 13.8 Å². The van der Waals surface area contributed by atoms with E-state index in [-0.39, 0.29) is 16.6 Å². The molecule has 2 unspecified atom stereocenters. The zero-order chi connectivity index (χ0) is 14.9. The highest BCUT2D eigenvalue weighted by Crippen LogP contribution is 2.39. The lowest BCUT2D eigenvalue weighted by Gasteiger charge is -2.37. The van der Waals surface area contributed by atoms with Gasteiger partial charge < -0.3 is 9.47 Å². The van der Waals surface area contributed by atoms with Crippen molar-refractivity contribution in [1.82, 2.24) is 0 Å². The molecule has 1 spiro atoms. The molecule has 0 N–H and O–H groups in total. The van der Waals surface area contributed by atoms with Crippen LogP contribution in [0, 0.1) is 0 Å². The average Bonchev–Trinajstić information content (AvgIpc) is 2.86. The topological polar surface area (TPSA) is 52.6 Å². The van der Waals surface area contributed by atoms with Crippen molar-refractivity contribution >= 4 is 31.5 Å². The Labute approximate surface area is 133 Å². The molecular formula is C14H17ClO4S2. The average molecular weight is 349 g/mol. The minimum Gasteiger partial charge on any atom is -0.490 e. The molecule has 0 aliphatic carbocycles. The van der Waals surface area contributed by atoms with E-state index in [1.807, 2.05) is 11.8 Å². The number of benzene rings is 1. The van der Waals surface area contributed by atoms with Crippen molar-refractivity contribution in [3.63, 3.8) is 0 Å². The predicted octanol–water partition coefficient (Wildman–Crippen LogP) is 3.05. The van der Waals surface area contributed by atoms with Crippen molar-refractivity contribution in [3.05, 3.63) is 24.3 Å². The summed E-state index contributed by atoms with van der Waals surface area (Å²) in [5, 5.41) is 0. The van der Waals surface area contributed by atoms with Gasteiger partial charge >= 0.3 is 0 Å². The lowest BCUT2D eigenvalue weighted by Crippen LogP contribution is -2.43. The summed E-state index contributed by atoms with van der Waals surface area (Å²) in [5.41, 5.74) is -0.0208. The van der Waals surface area contributed by atoms with Crippen LogP contribution in [0.5, 0.6) is 5.75 Å². The van der Waals surface area contributed by atoms with Crippen molar-refractivity contribution in [3.8, 4) is 5.75 Å². The van der Waals surface area contributed by atoms with Crippen LogP contribution in [0.1, 0.15) is 19.3 Å². The summed E-state index contributed by atoms with van der Waals surface area (Å²) in [6.45, 7) is 0.722. The Balaban J connectivity index is 1.66. The second kappa shape index (κ2) is 5.99. The number of halogens is 1. The Bertz CT molecular complexity index is 594. The van der Waals surface area contributed by atoms with Crippen LogP contribution in [0.25, 0.3) is 0 Å². The molecule has 21 heavy (non-hydrogen) atoms. The van der Waals surface area contributed by atoms with Gasteiger partial charge in [0.15, 0.2) is 0 Å². The first-order chi connectivity index (χ1) is 9.97. The molecule has 0 bridgehead atoms. The first kappa shape index (κ1) is 15.5. The molecule has 1 aromatic carbocycles. The molecule has 0 amide bonds. The van der Waals surface area contributed by atoms with Gasteiger partial charge in [-0.15, -0.1) is 0 Å². The van der Waals surface area contributed by atoms with Gasteiger partial charge in [0.25, 0.3) is 9.05 Å². The van der Waals surface area contributed by atoms with Crippen molar-refractivity contribution < 1.29 is 17.9 Å². The largest absolute Gasteiger partial charge is 0.490 e. The maximum Gasteiger partial charge on any atom is 0.261 e. The van der Waals surface area contributed by atoms with Crippen LogP contribution in [0.15, 0.2) is 29.2 Å². The second-order valence-electron chi connectivity index (χ2n) is 5.48. The quantitative estimate of drug-likeness (QED) is 0.786. The van der Waals surface area contributed by atoms with Gasteiger partial charge in [0.05, 0.1) is 17.1 Å². The van der Waals surface area contributed by atoms with Gasteiger partial charge in [0, 0.05) is 29.3 Å². The van der Waals surface area contributed by atoms with Crippen LogP contribution in [0.4, 0.5) is 0 Å². The molecule has 2 fully saturated rings. The van der Waals surface area contributed by atoms with E-state index in [2.05, 4.69) is 0 Å². The van der Waals surface area contributed by atoms with E-state index in [0.29, 0.717) is 5.75 Å². The minimum absolute atomic E-state index is 0.0208. The van der Waals surface area contributed by atoms with Gasteiger partial charge in [-0.25, -0.2) is 8.42 Å². The van der Waals surface area contributed by atoms with E-state index in [1.54, 1.807) is 12.1 Å². The van der Waals surface area contributed by atoms with Crippen molar-refractivity contribution in [1.29, 1.82) is 0 Å². The summed E-state index contributed by atoms with van der Waals surface area (Å²) in [6, 6.07) is 6.25. The third kappa shape index (κ3) is 3.67. The maximum atomic E-state index is 11.2. The molecule has 2 saturated heterocycles. The second-order valence-corrected chi connectivity index (χ2v) is 9.15. The third-order valence-corrected chi connectivity index (χ3v) is 6.52. The van der Waals surface area contributed by atoms with Gasteiger partial charge in [0.2, 0.25) is 0 Å². The zero-order valence-corrected chi connectivity index (χ0v) is 13.8. The minimum atomic E-state index is -3.68. The summed E-state index contributed by atoms with van der Waals surface area (Å²) in [4.78, 5) is 0.0900. The van der Waals surface area contributed by atoms with Crippen LogP contribution in [-0.4, -0.2) is 38.2 Å². The molecule has 2 atom stereocenters. The fourth-order valence-electron chi connectivity index (χ4n) is 2.82. The van der Waals surface area contributed by atoms with E-state index in [0.717, 1.165) is 37.4 Å². The number of ether oxygens (including phenoxy) is 2. The SMILES string of the molecule is O=S(=O)(Cl)c1ccc(OC2CCOC3(CCSC3)C2)cc1. The number of thioether (sulfide) groups is 1. The van der Waals surface area contributed by atoms with Crippen LogP contribution < -0.4 is 4.74 Å². The summed E-state index contributed by atoms with van der Waals surface area (Å²) in [6.07, 6.45) is 2.97. The fraction of sp³-hybridized carbons (Fsp3) is 0.571. The van der Waals surface area contributed by atoms with Gasteiger partial charge in [-0.1, -0.05) is 0 Å². The van der Waals surface area contributed by atoms with Crippen LogP contribution in [0.3, 0.4) is 0 Å². The van der Waals surface area contributed by atoms with Gasteiger partial charge in [-0.2, -0.15) is 11.8 Å². The summed E-state index contributed by atoms with van der Waals surface area (Å²) >= 11 is 1.93. The standard InChI is InChI=1S/C14H17ClO4S2/c15-21(16,17)13-3-1-11(2-4-13)19-12-5-7-18-14(9-12)6-8-20-10-14/h1-4,12H,5-10H2. The van der Waals surface area contributed by atoms with E-state index >= 15 is 0 Å². The fourth-order valence-corrected chi connectivity index (χ4v) is 4.97. The molecule has 0 aromatic heterocycles. The van der Waals surface area contributed by atoms with E-state index < -0.39 is 9.05 Å². The number of hydrogen-bond donors (Lipinski definition) is 0. The molecule has 0 saturated carbocycles. The molecule has 2 aliphatic rings. The predicted molar refractivity (Wildman–Crippen MR) is 83.8 cm³/mol.